The number of amides is 1. The molecule has 1 fully saturated rings. The van der Waals surface area contributed by atoms with Gasteiger partial charge < -0.3 is 14.1 Å². The Kier molecular flexibility index (Phi) is 5.71. The number of nitrogens with zero attached hydrogens (tertiary/aromatic N) is 1. The Balaban J connectivity index is 1.66. The molecule has 1 heterocycles. The van der Waals surface area contributed by atoms with E-state index in [1.807, 2.05) is 6.92 Å². The van der Waals surface area contributed by atoms with Gasteiger partial charge in [-0.1, -0.05) is 31.4 Å². The first-order valence-electron chi connectivity index (χ1n) is 9.09. The Bertz CT molecular complexity index is 851. The van der Waals surface area contributed by atoms with Crippen LogP contribution < -0.4 is 5.43 Å². The molecular formula is C20H23NO5. The van der Waals surface area contributed by atoms with E-state index in [2.05, 4.69) is 0 Å². The van der Waals surface area contributed by atoms with Crippen molar-refractivity contribution in [3.8, 4) is 0 Å². The van der Waals surface area contributed by atoms with E-state index < -0.39 is 5.97 Å². The summed E-state index contributed by atoms with van der Waals surface area (Å²) >= 11 is 0. The topological polar surface area (TPSA) is 76.8 Å². The fourth-order valence-electron chi connectivity index (χ4n) is 3.52. The minimum Gasteiger partial charge on any atom is -0.450 e. The van der Waals surface area contributed by atoms with Gasteiger partial charge in [0.25, 0.3) is 5.91 Å². The van der Waals surface area contributed by atoms with E-state index in [4.69, 9.17) is 9.15 Å². The van der Waals surface area contributed by atoms with Crippen LogP contribution in [0.3, 0.4) is 0 Å². The molecule has 1 aliphatic rings. The first kappa shape index (κ1) is 18.2. The van der Waals surface area contributed by atoms with Crippen molar-refractivity contribution in [1.82, 2.24) is 4.90 Å². The summed E-state index contributed by atoms with van der Waals surface area (Å²) < 4.78 is 10.5. The van der Waals surface area contributed by atoms with Gasteiger partial charge in [-0.05, 0) is 31.9 Å². The molecule has 1 saturated carbocycles. The minimum atomic E-state index is -0.805. The summed E-state index contributed by atoms with van der Waals surface area (Å²) in [5, 5.41) is 0.398. The van der Waals surface area contributed by atoms with Crippen molar-refractivity contribution >= 4 is 22.8 Å². The van der Waals surface area contributed by atoms with Crippen LogP contribution in [0.25, 0.3) is 11.0 Å². The van der Waals surface area contributed by atoms with E-state index >= 15 is 0 Å². The van der Waals surface area contributed by atoms with Crippen LogP contribution in [0.2, 0.25) is 0 Å². The van der Waals surface area contributed by atoms with Gasteiger partial charge in [-0.3, -0.25) is 9.59 Å². The number of rotatable bonds is 5. The summed E-state index contributed by atoms with van der Waals surface area (Å²) in [4.78, 5) is 38.5. The highest BCUT2D eigenvalue weighted by Crippen LogP contribution is 2.22. The van der Waals surface area contributed by atoms with Crippen LogP contribution in [0.5, 0.6) is 0 Å². The zero-order valence-electron chi connectivity index (χ0n) is 14.9. The molecule has 26 heavy (non-hydrogen) atoms. The monoisotopic (exact) mass is 357 g/mol. The van der Waals surface area contributed by atoms with E-state index in [-0.39, 0.29) is 29.7 Å². The van der Waals surface area contributed by atoms with Gasteiger partial charge in [0.1, 0.15) is 5.58 Å². The van der Waals surface area contributed by atoms with E-state index in [9.17, 15) is 14.4 Å². The largest absolute Gasteiger partial charge is 0.450 e. The van der Waals surface area contributed by atoms with Crippen molar-refractivity contribution in [2.24, 2.45) is 0 Å². The molecule has 0 radical (unpaired) electrons. The number of hydrogen-bond donors (Lipinski definition) is 0. The Morgan fingerprint density at radius 1 is 1.19 bits per heavy atom. The maximum Gasteiger partial charge on any atom is 0.374 e. The van der Waals surface area contributed by atoms with E-state index in [1.54, 1.807) is 29.2 Å². The number of ether oxygens (including phenoxy) is 1. The lowest BCUT2D eigenvalue weighted by Crippen LogP contribution is -2.43. The smallest absolute Gasteiger partial charge is 0.374 e. The van der Waals surface area contributed by atoms with E-state index in [0.29, 0.717) is 17.5 Å². The first-order chi connectivity index (χ1) is 12.6. The molecule has 2 aromatic rings. The van der Waals surface area contributed by atoms with Crippen LogP contribution in [-0.2, 0) is 9.53 Å². The predicted molar refractivity (Wildman–Crippen MR) is 97.0 cm³/mol. The second-order valence-corrected chi connectivity index (χ2v) is 6.52. The predicted octanol–water partition coefficient (Wildman–Crippen LogP) is 3.13. The fourth-order valence-corrected chi connectivity index (χ4v) is 3.52. The number of esters is 1. The lowest BCUT2D eigenvalue weighted by Gasteiger charge is -2.33. The van der Waals surface area contributed by atoms with Gasteiger partial charge in [0.2, 0.25) is 5.76 Å². The van der Waals surface area contributed by atoms with Crippen LogP contribution in [0, 0.1) is 0 Å². The summed E-state index contributed by atoms with van der Waals surface area (Å²) in [6, 6.07) is 8.00. The van der Waals surface area contributed by atoms with Gasteiger partial charge in [-0.25, -0.2) is 4.79 Å². The maximum atomic E-state index is 12.4. The second-order valence-electron chi connectivity index (χ2n) is 6.52. The molecule has 1 aromatic carbocycles. The molecule has 1 aliphatic carbocycles. The third-order valence-corrected chi connectivity index (χ3v) is 4.84. The average molecular weight is 357 g/mol. The Labute approximate surface area is 151 Å². The quantitative estimate of drug-likeness (QED) is 0.769. The zero-order valence-corrected chi connectivity index (χ0v) is 14.9. The number of para-hydroxylation sites is 1. The van der Waals surface area contributed by atoms with Gasteiger partial charge in [0.05, 0.1) is 5.39 Å². The standard InChI is InChI=1S/C20H23NO5/c1-2-21(14-8-4-3-5-9-14)19(23)13-25-20(24)18-12-16(22)15-10-6-7-11-17(15)26-18/h6-7,10-12,14H,2-5,8-9,13H2,1H3. The molecule has 0 bridgehead atoms. The van der Waals surface area contributed by atoms with Gasteiger partial charge in [-0.15, -0.1) is 0 Å². The number of benzene rings is 1. The van der Waals surface area contributed by atoms with E-state index in [1.165, 1.54) is 6.42 Å². The highest BCUT2D eigenvalue weighted by molar-refractivity contribution is 5.90. The van der Waals surface area contributed by atoms with Gasteiger partial charge in [-0.2, -0.15) is 0 Å². The molecule has 1 amide bonds. The molecule has 0 N–H and O–H groups in total. The normalized spacial score (nSPS) is 15.0. The van der Waals surface area contributed by atoms with Crippen LogP contribution in [0.1, 0.15) is 49.6 Å². The summed E-state index contributed by atoms with van der Waals surface area (Å²) in [7, 11) is 0. The van der Waals surface area contributed by atoms with Crippen LogP contribution in [0.4, 0.5) is 0 Å². The number of carbonyl (C=O) groups excluding carboxylic acids is 2. The van der Waals surface area contributed by atoms with Gasteiger partial charge in [0, 0.05) is 18.7 Å². The summed E-state index contributed by atoms with van der Waals surface area (Å²) in [5.74, 6) is -1.21. The Hall–Kier alpha value is -2.63. The van der Waals surface area contributed by atoms with Crippen LogP contribution in [-0.4, -0.2) is 36.0 Å². The first-order valence-corrected chi connectivity index (χ1v) is 9.09. The number of carbonyl (C=O) groups is 2. The lowest BCUT2D eigenvalue weighted by molar-refractivity contribution is -0.137. The minimum absolute atomic E-state index is 0.192. The van der Waals surface area contributed by atoms with Crippen molar-refractivity contribution in [2.45, 2.75) is 45.1 Å². The highest BCUT2D eigenvalue weighted by atomic mass is 16.5. The molecule has 0 atom stereocenters. The van der Waals surface area contributed by atoms with Crippen LogP contribution >= 0.6 is 0 Å². The molecule has 0 unspecified atom stereocenters. The summed E-state index contributed by atoms with van der Waals surface area (Å²) in [6.07, 6.45) is 5.44. The molecule has 0 saturated heterocycles. The Morgan fingerprint density at radius 3 is 2.65 bits per heavy atom. The van der Waals surface area contributed by atoms with Crippen molar-refractivity contribution in [3.05, 3.63) is 46.3 Å². The molecule has 1 aromatic heterocycles. The molecule has 0 aliphatic heterocycles. The van der Waals surface area contributed by atoms with Crippen molar-refractivity contribution < 1.29 is 18.7 Å². The SMILES string of the molecule is CCN(C(=O)COC(=O)c1cc(=O)c2ccccc2o1)C1CCCCC1. The van der Waals surface area contributed by atoms with E-state index in [0.717, 1.165) is 31.7 Å². The van der Waals surface area contributed by atoms with Crippen molar-refractivity contribution in [1.29, 1.82) is 0 Å². The third-order valence-electron chi connectivity index (χ3n) is 4.84. The molecule has 138 valence electrons. The third kappa shape index (κ3) is 3.95. The molecule has 6 heteroatoms. The van der Waals surface area contributed by atoms with Crippen molar-refractivity contribution in [3.63, 3.8) is 0 Å². The molecule has 0 spiro atoms. The molecule has 3 rings (SSSR count). The highest BCUT2D eigenvalue weighted by Gasteiger charge is 2.25. The second kappa shape index (κ2) is 8.17. The number of likely N-dealkylation sites (N-methyl/N-ethyl adjacent to an activating group) is 1. The lowest BCUT2D eigenvalue weighted by atomic mass is 9.94. The molecule has 6 nitrogen and oxygen atoms in total. The number of hydrogen-bond acceptors (Lipinski definition) is 5. The Morgan fingerprint density at radius 2 is 1.92 bits per heavy atom. The maximum absolute atomic E-state index is 12.4. The van der Waals surface area contributed by atoms with Crippen LogP contribution in [0.15, 0.2) is 39.5 Å². The summed E-state index contributed by atoms with van der Waals surface area (Å²) in [5.41, 5.74) is -0.00168. The van der Waals surface area contributed by atoms with Crippen molar-refractivity contribution in [2.75, 3.05) is 13.2 Å². The van der Waals surface area contributed by atoms with Gasteiger partial charge >= 0.3 is 5.97 Å². The average Bonchev–Trinajstić information content (AvgIpc) is 2.67. The fraction of sp³-hybridized carbons (Fsp3) is 0.450. The van der Waals surface area contributed by atoms with Gasteiger partial charge in [0.15, 0.2) is 12.0 Å². The molecular weight excluding hydrogens is 334 g/mol. The number of fused-ring (bicyclic) bond motifs is 1. The summed E-state index contributed by atoms with van der Waals surface area (Å²) in [6.45, 7) is 2.17. The zero-order chi connectivity index (χ0) is 18.5.